The molecule has 0 saturated carbocycles. The van der Waals surface area contributed by atoms with E-state index in [-0.39, 0.29) is 24.3 Å². The average Bonchev–Trinajstić information content (AvgIpc) is 3.61. The van der Waals surface area contributed by atoms with Crippen LogP contribution in [0.2, 0.25) is 0 Å². The number of esters is 1. The molecular formula is C37H66O7. The van der Waals surface area contributed by atoms with E-state index in [1.54, 1.807) is 13.0 Å². The number of carbonyl (C=O) groups excluding carboxylic acids is 1. The van der Waals surface area contributed by atoms with E-state index >= 15 is 0 Å². The molecule has 1 fully saturated rings. The fourth-order valence-electron chi connectivity index (χ4n) is 6.48. The third kappa shape index (κ3) is 17.4. The standard InChI is InChI=1S/C37H66O7/c1-3-4-5-6-7-8-9-10-11-12-13-14-15-16-23-33(40)35-25-26-36(44-35)34(41)24-19-22-31(38)20-17-18-21-32(39)28-30-27-29(2)43-37(30)42/h14-15,27,29,31-36,38-41H,3-13,16-26,28H2,1-2H3/b15-14-/t29-,31+,32+,33+,34+,35+,36+/m0/s1. The molecule has 0 amide bonds. The van der Waals surface area contributed by atoms with E-state index < -0.39 is 24.4 Å². The van der Waals surface area contributed by atoms with Gasteiger partial charge in [0.25, 0.3) is 0 Å². The summed E-state index contributed by atoms with van der Waals surface area (Å²) in [5.41, 5.74) is 0.554. The van der Waals surface area contributed by atoms with Crippen LogP contribution in [0.15, 0.2) is 23.8 Å². The first-order chi connectivity index (χ1) is 21.3. The van der Waals surface area contributed by atoms with Gasteiger partial charge in [-0.2, -0.15) is 0 Å². The Hall–Kier alpha value is -1.25. The number of cyclic esters (lactones) is 1. The average molecular weight is 623 g/mol. The third-order valence-electron chi connectivity index (χ3n) is 9.27. The molecular weight excluding hydrogens is 556 g/mol. The molecule has 7 heteroatoms. The smallest absolute Gasteiger partial charge is 0.334 e. The van der Waals surface area contributed by atoms with Gasteiger partial charge in [0.2, 0.25) is 0 Å². The van der Waals surface area contributed by atoms with Gasteiger partial charge in [-0.15, -0.1) is 0 Å². The van der Waals surface area contributed by atoms with Gasteiger partial charge in [0, 0.05) is 12.0 Å². The summed E-state index contributed by atoms with van der Waals surface area (Å²) in [6, 6.07) is 0. The minimum absolute atomic E-state index is 0.204. The summed E-state index contributed by atoms with van der Waals surface area (Å²) in [6.45, 7) is 4.07. The Kier molecular flexibility index (Phi) is 21.2. The molecule has 256 valence electrons. The molecule has 44 heavy (non-hydrogen) atoms. The Bertz CT molecular complexity index is 797. The zero-order valence-electron chi connectivity index (χ0n) is 28.1. The highest BCUT2D eigenvalue weighted by Crippen LogP contribution is 2.28. The van der Waals surface area contributed by atoms with E-state index in [0.29, 0.717) is 44.1 Å². The van der Waals surface area contributed by atoms with Crippen molar-refractivity contribution < 1.29 is 34.7 Å². The van der Waals surface area contributed by atoms with Crippen LogP contribution in [-0.2, 0) is 14.3 Å². The first kappa shape index (κ1) is 38.9. The molecule has 2 aliphatic heterocycles. The van der Waals surface area contributed by atoms with Crippen LogP contribution in [0.1, 0.15) is 162 Å². The number of allylic oxidation sites excluding steroid dienone is 2. The van der Waals surface area contributed by atoms with Crippen molar-refractivity contribution in [3.8, 4) is 0 Å². The van der Waals surface area contributed by atoms with Crippen LogP contribution in [0.4, 0.5) is 0 Å². The van der Waals surface area contributed by atoms with Crippen molar-refractivity contribution in [3.63, 3.8) is 0 Å². The van der Waals surface area contributed by atoms with Gasteiger partial charge in [0.15, 0.2) is 0 Å². The van der Waals surface area contributed by atoms with Gasteiger partial charge in [0.1, 0.15) is 6.10 Å². The van der Waals surface area contributed by atoms with Gasteiger partial charge >= 0.3 is 5.97 Å². The minimum Gasteiger partial charge on any atom is -0.455 e. The van der Waals surface area contributed by atoms with Gasteiger partial charge < -0.3 is 29.9 Å². The third-order valence-corrected chi connectivity index (χ3v) is 9.27. The number of carbonyl (C=O) groups is 1. The number of ether oxygens (including phenoxy) is 2. The van der Waals surface area contributed by atoms with Crippen molar-refractivity contribution in [1.82, 2.24) is 0 Å². The van der Waals surface area contributed by atoms with E-state index in [9.17, 15) is 25.2 Å². The molecule has 0 spiro atoms. The number of hydrogen-bond donors (Lipinski definition) is 4. The molecule has 7 atom stereocenters. The Labute approximate surface area is 268 Å². The van der Waals surface area contributed by atoms with E-state index in [1.807, 2.05) is 0 Å². The molecule has 2 heterocycles. The van der Waals surface area contributed by atoms with E-state index in [2.05, 4.69) is 19.1 Å². The molecule has 0 unspecified atom stereocenters. The summed E-state index contributed by atoms with van der Waals surface area (Å²) in [7, 11) is 0. The normalized spacial score (nSPS) is 23.2. The van der Waals surface area contributed by atoms with E-state index in [1.165, 1.54) is 64.2 Å². The summed E-state index contributed by atoms with van der Waals surface area (Å²) < 4.78 is 11.1. The quantitative estimate of drug-likeness (QED) is 0.0423. The topological polar surface area (TPSA) is 116 Å². The Balaban J connectivity index is 1.43. The van der Waals surface area contributed by atoms with Crippen LogP contribution in [0.3, 0.4) is 0 Å². The predicted molar refractivity (Wildman–Crippen MR) is 177 cm³/mol. The molecule has 0 aromatic rings. The Morgan fingerprint density at radius 3 is 1.86 bits per heavy atom. The van der Waals surface area contributed by atoms with Gasteiger partial charge in [-0.3, -0.25) is 0 Å². The van der Waals surface area contributed by atoms with Crippen LogP contribution in [-0.4, -0.2) is 69.1 Å². The monoisotopic (exact) mass is 622 g/mol. The zero-order valence-corrected chi connectivity index (χ0v) is 28.1. The van der Waals surface area contributed by atoms with Crippen molar-refractivity contribution in [1.29, 1.82) is 0 Å². The number of aliphatic hydroxyl groups excluding tert-OH is 4. The molecule has 0 aliphatic carbocycles. The second-order valence-electron chi connectivity index (χ2n) is 13.5. The molecule has 0 radical (unpaired) electrons. The van der Waals surface area contributed by atoms with Crippen molar-refractivity contribution >= 4 is 5.97 Å². The summed E-state index contributed by atoms with van der Waals surface area (Å²) in [5.74, 6) is -0.332. The van der Waals surface area contributed by atoms with Crippen molar-refractivity contribution in [2.75, 3.05) is 0 Å². The number of hydrogen-bond acceptors (Lipinski definition) is 7. The predicted octanol–water partition coefficient (Wildman–Crippen LogP) is 7.62. The molecule has 7 nitrogen and oxygen atoms in total. The number of unbranched alkanes of at least 4 members (excludes halogenated alkanes) is 11. The van der Waals surface area contributed by atoms with Crippen LogP contribution in [0.5, 0.6) is 0 Å². The molecule has 0 aromatic heterocycles. The highest BCUT2D eigenvalue weighted by Gasteiger charge is 2.34. The maximum atomic E-state index is 11.7. The van der Waals surface area contributed by atoms with Gasteiger partial charge in [-0.1, -0.05) is 89.7 Å². The molecule has 4 N–H and O–H groups in total. The van der Waals surface area contributed by atoms with Crippen molar-refractivity contribution in [3.05, 3.63) is 23.8 Å². The van der Waals surface area contributed by atoms with Crippen molar-refractivity contribution in [2.24, 2.45) is 0 Å². The van der Waals surface area contributed by atoms with Crippen LogP contribution >= 0.6 is 0 Å². The van der Waals surface area contributed by atoms with Gasteiger partial charge in [0.05, 0.1) is 36.6 Å². The van der Waals surface area contributed by atoms with Crippen LogP contribution in [0.25, 0.3) is 0 Å². The Morgan fingerprint density at radius 2 is 1.25 bits per heavy atom. The molecule has 0 aromatic carbocycles. The Morgan fingerprint density at radius 1 is 0.705 bits per heavy atom. The SMILES string of the molecule is CCCCCCCCCCCC/C=C\CC[C@@H](O)[C@H]1CC[C@H]([C@H](O)CCC[C@H](O)CCCC[C@@H](O)CC2=C[C@H](C)OC2=O)O1. The lowest BCUT2D eigenvalue weighted by atomic mass is 9.98. The molecule has 0 bridgehead atoms. The van der Waals surface area contributed by atoms with Gasteiger partial charge in [-0.25, -0.2) is 4.79 Å². The maximum absolute atomic E-state index is 11.7. The second kappa shape index (κ2) is 24.0. The minimum atomic E-state index is -0.574. The first-order valence-corrected chi connectivity index (χ1v) is 18.2. The lowest BCUT2D eigenvalue weighted by Crippen LogP contribution is -2.31. The van der Waals surface area contributed by atoms with E-state index in [0.717, 1.165) is 44.9 Å². The fraction of sp³-hybridized carbons (Fsp3) is 0.865. The summed E-state index contributed by atoms with van der Waals surface area (Å²) >= 11 is 0. The summed E-state index contributed by atoms with van der Waals surface area (Å²) in [5, 5.41) is 41.8. The largest absolute Gasteiger partial charge is 0.455 e. The van der Waals surface area contributed by atoms with Gasteiger partial charge in [-0.05, 0) is 83.6 Å². The van der Waals surface area contributed by atoms with Crippen LogP contribution < -0.4 is 0 Å². The number of rotatable bonds is 27. The zero-order chi connectivity index (χ0) is 32.0. The fourth-order valence-corrected chi connectivity index (χ4v) is 6.48. The molecule has 2 rings (SSSR count). The van der Waals surface area contributed by atoms with E-state index in [4.69, 9.17) is 9.47 Å². The lowest BCUT2D eigenvalue weighted by Gasteiger charge is -2.22. The number of aliphatic hydroxyl groups is 4. The maximum Gasteiger partial charge on any atom is 0.334 e. The molecule has 1 saturated heterocycles. The summed E-state index contributed by atoms with van der Waals surface area (Å²) in [4.78, 5) is 11.7. The highest BCUT2D eigenvalue weighted by atomic mass is 16.5. The summed E-state index contributed by atoms with van der Waals surface area (Å²) in [6.07, 6.45) is 26.3. The first-order valence-electron chi connectivity index (χ1n) is 18.2. The highest BCUT2D eigenvalue weighted by molar-refractivity contribution is 5.90. The van der Waals surface area contributed by atoms with Crippen molar-refractivity contribution in [2.45, 2.75) is 204 Å². The lowest BCUT2D eigenvalue weighted by molar-refractivity contribution is -0.139. The van der Waals surface area contributed by atoms with Crippen LogP contribution in [0, 0.1) is 0 Å². The molecule has 2 aliphatic rings. The second-order valence-corrected chi connectivity index (χ2v) is 13.5.